The van der Waals surface area contributed by atoms with Gasteiger partial charge in [-0.25, -0.2) is 0 Å². The number of phenols is 1. The van der Waals surface area contributed by atoms with E-state index in [1.807, 2.05) is 0 Å². The van der Waals surface area contributed by atoms with Crippen molar-refractivity contribution in [1.29, 1.82) is 0 Å². The minimum Gasteiger partial charge on any atom is -0.507 e. The average molecular weight is 393 g/mol. The Bertz CT molecular complexity index is 1160. The van der Waals surface area contributed by atoms with E-state index in [2.05, 4.69) is 0 Å². The van der Waals surface area contributed by atoms with Crippen LogP contribution in [0.2, 0.25) is 0 Å². The molecule has 1 aromatic heterocycles. The predicted octanol–water partition coefficient (Wildman–Crippen LogP) is 2.99. The number of ketones is 2. The van der Waals surface area contributed by atoms with Crippen molar-refractivity contribution >= 4 is 11.6 Å². The second kappa shape index (κ2) is 8.02. The topological polar surface area (TPSA) is 94.8 Å². The van der Waals surface area contributed by atoms with E-state index in [0.717, 1.165) is 0 Å². The van der Waals surface area contributed by atoms with Crippen molar-refractivity contribution in [3.8, 4) is 22.9 Å². The van der Waals surface area contributed by atoms with Crippen LogP contribution in [0.5, 0.6) is 17.2 Å². The molecule has 148 valence electrons. The molecular weight excluding hydrogens is 374 g/mol. The standard InChI is InChI=1S/C22H19NO6/c1-13(24)18-9-14(21(26)19-11-17(29-3)7-8-20(19)25)12-23(22(18)27)15-5-4-6-16(10-15)28-2/h4-12,25H,1-3H3. The van der Waals surface area contributed by atoms with E-state index in [4.69, 9.17) is 9.47 Å². The molecule has 0 amide bonds. The first-order valence-corrected chi connectivity index (χ1v) is 8.69. The van der Waals surface area contributed by atoms with Gasteiger partial charge in [0.25, 0.3) is 5.56 Å². The van der Waals surface area contributed by atoms with Crippen LogP contribution in [0.15, 0.2) is 59.5 Å². The third-order valence-electron chi connectivity index (χ3n) is 4.44. The van der Waals surface area contributed by atoms with Gasteiger partial charge in [0.1, 0.15) is 17.2 Å². The van der Waals surface area contributed by atoms with Gasteiger partial charge in [0.15, 0.2) is 11.6 Å². The number of rotatable bonds is 6. The summed E-state index contributed by atoms with van der Waals surface area (Å²) in [6.07, 6.45) is 1.34. The Balaban J connectivity index is 2.22. The summed E-state index contributed by atoms with van der Waals surface area (Å²) in [5.41, 5.74) is -0.199. The van der Waals surface area contributed by atoms with Crippen LogP contribution in [0.4, 0.5) is 0 Å². The molecule has 7 nitrogen and oxygen atoms in total. The molecule has 0 aliphatic heterocycles. The number of benzene rings is 2. The number of nitrogens with zero attached hydrogens (tertiary/aromatic N) is 1. The van der Waals surface area contributed by atoms with Crippen molar-refractivity contribution in [2.75, 3.05) is 14.2 Å². The summed E-state index contributed by atoms with van der Waals surface area (Å²) in [5, 5.41) is 10.1. The Hall–Kier alpha value is -3.87. The third kappa shape index (κ3) is 3.89. The first-order chi connectivity index (χ1) is 13.8. The van der Waals surface area contributed by atoms with Crippen molar-refractivity contribution in [3.05, 3.63) is 81.8 Å². The number of carbonyl (C=O) groups is 2. The molecule has 29 heavy (non-hydrogen) atoms. The van der Waals surface area contributed by atoms with Gasteiger partial charge < -0.3 is 14.6 Å². The fourth-order valence-corrected chi connectivity index (χ4v) is 2.89. The third-order valence-corrected chi connectivity index (χ3v) is 4.44. The van der Waals surface area contributed by atoms with Crippen molar-refractivity contribution in [3.63, 3.8) is 0 Å². The minimum atomic E-state index is -0.558. The van der Waals surface area contributed by atoms with E-state index in [1.54, 1.807) is 24.3 Å². The highest BCUT2D eigenvalue weighted by Crippen LogP contribution is 2.26. The minimum absolute atomic E-state index is 0.00491. The van der Waals surface area contributed by atoms with Gasteiger partial charge in [-0.15, -0.1) is 0 Å². The molecule has 2 aromatic carbocycles. The lowest BCUT2D eigenvalue weighted by Gasteiger charge is -2.12. The van der Waals surface area contributed by atoms with Crippen molar-refractivity contribution < 1.29 is 24.2 Å². The van der Waals surface area contributed by atoms with E-state index < -0.39 is 17.1 Å². The van der Waals surface area contributed by atoms with Gasteiger partial charge in [0, 0.05) is 17.8 Å². The Morgan fingerprint density at radius 1 is 0.931 bits per heavy atom. The van der Waals surface area contributed by atoms with Gasteiger partial charge in [-0.1, -0.05) is 6.07 Å². The molecule has 0 fully saturated rings. The van der Waals surface area contributed by atoms with E-state index >= 15 is 0 Å². The first kappa shape index (κ1) is 19.9. The number of methoxy groups -OCH3 is 2. The van der Waals surface area contributed by atoms with E-state index in [9.17, 15) is 19.5 Å². The lowest BCUT2D eigenvalue weighted by molar-refractivity contribution is 0.101. The summed E-state index contributed by atoms with van der Waals surface area (Å²) < 4.78 is 11.5. The number of Topliss-reactive ketones (excluding diaryl/α,β-unsaturated/α-hetero) is 1. The summed E-state index contributed by atoms with van der Waals surface area (Å²) in [4.78, 5) is 37.9. The fourth-order valence-electron chi connectivity index (χ4n) is 2.89. The second-order valence-corrected chi connectivity index (χ2v) is 6.29. The zero-order chi connectivity index (χ0) is 21.1. The lowest BCUT2D eigenvalue weighted by atomic mass is 10.0. The SMILES string of the molecule is COc1cccc(-n2cc(C(=O)c3cc(OC)ccc3O)cc(C(C)=O)c2=O)c1. The van der Waals surface area contributed by atoms with Crippen LogP contribution >= 0.6 is 0 Å². The monoisotopic (exact) mass is 393 g/mol. The molecule has 0 spiro atoms. The highest BCUT2D eigenvalue weighted by molar-refractivity contribution is 6.11. The number of carbonyl (C=O) groups excluding carboxylic acids is 2. The molecule has 0 bridgehead atoms. The van der Waals surface area contributed by atoms with Crippen LogP contribution in [-0.4, -0.2) is 35.5 Å². The molecule has 0 radical (unpaired) electrons. The van der Waals surface area contributed by atoms with Gasteiger partial charge in [-0.3, -0.25) is 19.0 Å². The zero-order valence-corrected chi connectivity index (χ0v) is 16.1. The number of aromatic hydroxyl groups is 1. The van der Waals surface area contributed by atoms with Gasteiger partial charge in [-0.05, 0) is 43.3 Å². The lowest BCUT2D eigenvalue weighted by Crippen LogP contribution is -2.26. The van der Waals surface area contributed by atoms with Crippen molar-refractivity contribution in [1.82, 2.24) is 4.57 Å². The van der Waals surface area contributed by atoms with Crippen molar-refractivity contribution in [2.24, 2.45) is 0 Å². The number of hydrogen-bond acceptors (Lipinski definition) is 6. The number of aromatic nitrogens is 1. The Kier molecular flexibility index (Phi) is 5.50. The molecule has 0 aliphatic rings. The molecule has 7 heteroatoms. The Labute approximate surface area is 166 Å². The molecule has 1 N–H and O–H groups in total. The van der Waals surface area contributed by atoms with Crippen LogP contribution in [0, 0.1) is 0 Å². The van der Waals surface area contributed by atoms with Crippen LogP contribution in [-0.2, 0) is 0 Å². The maximum atomic E-state index is 13.1. The molecule has 0 saturated heterocycles. The van der Waals surface area contributed by atoms with E-state index in [1.165, 1.54) is 56.2 Å². The van der Waals surface area contributed by atoms with Gasteiger partial charge in [0.05, 0.1) is 31.0 Å². The summed E-state index contributed by atoms with van der Waals surface area (Å²) in [6, 6.07) is 12.2. The summed E-state index contributed by atoms with van der Waals surface area (Å²) >= 11 is 0. The van der Waals surface area contributed by atoms with Crippen LogP contribution in [0.1, 0.15) is 33.2 Å². The largest absolute Gasteiger partial charge is 0.507 e. The smallest absolute Gasteiger partial charge is 0.265 e. The van der Waals surface area contributed by atoms with Gasteiger partial charge >= 0.3 is 0 Å². The number of ether oxygens (including phenoxy) is 2. The molecule has 0 atom stereocenters. The molecule has 0 aliphatic carbocycles. The Morgan fingerprint density at radius 3 is 2.28 bits per heavy atom. The zero-order valence-electron chi connectivity index (χ0n) is 16.1. The first-order valence-electron chi connectivity index (χ1n) is 8.69. The number of phenolic OH excluding ortho intramolecular Hbond substituents is 1. The van der Waals surface area contributed by atoms with Crippen molar-refractivity contribution in [2.45, 2.75) is 6.92 Å². The molecule has 0 saturated carbocycles. The molecule has 3 rings (SSSR count). The fraction of sp³-hybridized carbons (Fsp3) is 0.136. The normalized spacial score (nSPS) is 10.4. The second-order valence-electron chi connectivity index (χ2n) is 6.29. The summed E-state index contributed by atoms with van der Waals surface area (Å²) in [5.74, 6) is -0.365. The average Bonchev–Trinajstić information content (AvgIpc) is 2.73. The molecule has 3 aromatic rings. The molecule has 1 heterocycles. The van der Waals surface area contributed by atoms with Gasteiger partial charge in [0.2, 0.25) is 0 Å². The van der Waals surface area contributed by atoms with E-state index in [-0.39, 0.29) is 22.4 Å². The maximum Gasteiger partial charge on any atom is 0.265 e. The molecular formula is C22H19NO6. The quantitative estimate of drug-likeness (QED) is 0.647. The maximum absolute atomic E-state index is 13.1. The van der Waals surface area contributed by atoms with Crippen LogP contribution in [0.25, 0.3) is 5.69 Å². The van der Waals surface area contributed by atoms with E-state index in [0.29, 0.717) is 17.2 Å². The highest BCUT2D eigenvalue weighted by Gasteiger charge is 2.20. The summed E-state index contributed by atoms with van der Waals surface area (Å²) in [6.45, 7) is 1.25. The van der Waals surface area contributed by atoms with Gasteiger partial charge in [-0.2, -0.15) is 0 Å². The predicted molar refractivity (Wildman–Crippen MR) is 107 cm³/mol. The van der Waals surface area contributed by atoms with Crippen LogP contribution in [0.3, 0.4) is 0 Å². The number of hydrogen-bond donors (Lipinski definition) is 1. The van der Waals surface area contributed by atoms with Crippen LogP contribution < -0.4 is 15.0 Å². The highest BCUT2D eigenvalue weighted by atomic mass is 16.5. The summed E-state index contributed by atoms with van der Waals surface area (Å²) in [7, 11) is 2.94. The number of pyridine rings is 1. The Morgan fingerprint density at radius 2 is 1.62 bits per heavy atom. The molecule has 0 unspecified atom stereocenters.